The zero-order valence-electron chi connectivity index (χ0n) is 13.9. The Labute approximate surface area is 141 Å². The van der Waals surface area contributed by atoms with E-state index < -0.39 is 0 Å². The Morgan fingerprint density at radius 3 is 2.58 bits per heavy atom. The average molecular weight is 332 g/mol. The molecule has 0 bridgehead atoms. The van der Waals surface area contributed by atoms with Gasteiger partial charge >= 0.3 is 6.03 Å². The molecule has 3 rings (SSSR count). The number of benzene rings is 1. The number of amides is 3. The van der Waals surface area contributed by atoms with Crippen molar-refractivity contribution in [3.63, 3.8) is 0 Å². The summed E-state index contributed by atoms with van der Waals surface area (Å²) in [7, 11) is 1.60. The molecule has 2 aliphatic heterocycles. The number of methoxy groups -OCH3 is 1. The van der Waals surface area contributed by atoms with Gasteiger partial charge in [-0.25, -0.2) is 4.79 Å². The fourth-order valence-electron chi connectivity index (χ4n) is 3.30. The molecule has 2 saturated heterocycles. The van der Waals surface area contributed by atoms with E-state index in [0.29, 0.717) is 11.8 Å². The van der Waals surface area contributed by atoms with Crippen molar-refractivity contribution < 1.29 is 14.3 Å². The maximum Gasteiger partial charge on any atom is 0.321 e. The monoisotopic (exact) mass is 332 g/mol. The molecule has 0 saturated carbocycles. The number of anilines is 1. The van der Waals surface area contributed by atoms with Crippen LogP contribution in [0.2, 0.25) is 0 Å². The molecule has 0 atom stereocenters. The van der Waals surface area contributed by atoms with E-state index in [4.69, 9.17) is 10.5 Å². The molecule has 0 radical (unpaired) electrons. The summed E-state index contributed by atoms with van der Waals surface area (Å²) in [5, 5.41) is 2.89. The van der Waals surface area contributed by atoms with Crippen molar-refractivity contribution in [2.45, 2.75) is 18.9 Å². The summed E-state index contributed by atoms with van der Waals surface area (Å²) in [6, 6.07) is 7.61. The first-order valence-corrected chi connectivity index (χ1v) is 8.30. The lowest BCUT2D eigenvalue weighted by atomic mass is 9.94. The first-order valence-electron chi connectivity index (χ1n) is 8.30. The number of hydrogen-bond donors (Lipinski definition) is 2. The fraction of sp³-hybridized carbons (Fsp3) is 0.529. The van der Waals surface area contributed by atoms with E-state index in [9.17, 15) is 9.59 Å². The van der Waals surface area contributed by atoms with Gasteiger partial charge in [-0.1, -0.05) is 6.07 Å². The van der Waals surface area contributed by atoms with Crippen LogP contribution in [0.4, 0.5) is 10.5 Å². The molecule has 1 aromatic carbocycles. The summed E-state index contributed by atoms with van der Waals surface area (Å²) >= 11 is 0. The fourth-order valence-corrected chi connectivity index (χ4v) is 3.30. The number of primary amides is 1. The number of likely N-dealkylation sites (tertiary alicyclic amines) is 2. The molecule has 0 unspecified atom stereocenters. The molecule has 7 nitrogen and oxygen atoms in total. The zero-order chi connectivity index (χ0) is 17.1. The van der Waals surface area contributed by atoms with Gasteiger partial charge in [-0.2, -0.15) is 0 Å². The second-order valence-electron chi connectivity index (χ2n) is 6.43. The summed E-state index contributed by atoms with van der Waals surface area (Å²) < 4.78 is 5.15. The van der Waals surface area contributed by atoms with Gasteiger partial charge < -0.3 is 20.7 Å². The third kappa shape index (κ3) is 3.62. The highest BCUT2D eigenvalue weighted by molar-refractivity contribution is 5.90. The molecule has 0 spiro atoms. The van der Waals surface area contributed by atoms with Crippen LogP contribution in [0.5, 0.6) is 5.75 Å². The molecule has 0 aliphatic carbocycles. The number of hydrogen-bond acceptors (Lipinski definition) is 4. The molecule has 2 heterocycles. The van der Waals surface area contributed by atoms with Crippen molar-refractivity contribution >= 4 is 17.6 Å². The van der Waals surface area contributed by atoms with Crippen molar-refractivity contribution in [2.75, 3.05) is 38.6 Å². The van der Waals surface area contributed by atoms with Crippen molar-refractivity contribution in [2.24, 2.45) is 11.7 Å². The average Bonchev–Trinajstić information content (AvgIpc) is 2.54. The van der Waals surface area contributed by atoms with Crippen LogP contribution in [0, 0.1) is 5.92 Å². The normalized spacial score (nSPS) is 19.6. The predicted molar refractivity (Wildman–Crippen MR) is 90.9 cm³/mol. The minimum Gasteiger partial charge on any atom is -0.497 e. The number of carbonyl (C=O) groups excluding carboxylic acids is 2. The molecule has 1 aromatic rings. The van der Waals surface area contributed by atoms with Crippen molar-refractivity contribution in [1.29, 1.82) is 0 Å². The maximum atomic E-state index is 12.3. The second kappa shape index (κ2) is 7.09. The van der Waals surface area contributed by atoms with E-state index in [1.807, 2.05) is 18.2 Å². The molecular weight excluding hydrogens is 308 g/mol. The topological polar surface area (TPSA) is 87.9 Å². The number of piperidine rings is 1. The Morgan fingerprint density at radius 2 is 1.96 bits per heavy atom. The van der Waals surface area contributed by atoms with Crippen LogP contribution in [0.25, 0.3) is 0 Å². The van der Waals surface area contributed by atoms with Crippen molar-refractivity contribution in [3.8, 4) is 5.75 Å². The molecule has 2 fully saturated rings. The Kier molecular flexibility index (Phi) is 4.89. The van der Waals surface area contributed by atoms with E-state index in [1.54, 1.807) is 18.1 Å². The van der Waals surface area contributed by atoms with E-state index in [-0.39, 0.29) is 17.9 Å². The molecule has 0 aromatic heterocycles. The van der Waals surface area contributed by atoms with Crippen LogP contribution in [-0.4, -0.2) is 61.1 Å². The lowest BCUT2D eigenvalue weighted by molar-refractivity contribution is -0.123. The summed E-state index contributed by atoms with van der Waals surface area (Å²) in [4.78, 5) is 27.6. The molecule has 130 valence electrons. The second-order valence-corrected chi connectivity index (χ2v) is 6.43. The maximum absolute atomic E-state index is 12.3. The molecule has 3 amide bonds. The highest BCUT2D eigenvalue weighted by atomic mass is 16.5. The standard InChI is InChI=1S/C17H24N4O3/c1-24-15-4-2-3-13(9-15)19-17(23)21-10-14(11-21)20-7-5-12(6-8-20)16(18)22/h2-4,9,12,14H,5-8,10-11H2,1H3,(H2,18,22)(H,19,23). The quantitative estimate of drug-likeness (QED) is 0.864. The number of rotatable bonds is 4. The molecule has 3 N–H and O–H groups in total. The van der Waals surface area contributed by atoms with Gasteiger partial charge in [0.05, 0.1) is 7.11 Å². The molecule has 24 heavy (non-hydrogen) atoms. The highest BCUT2D eigenvalue weighted by Gasteiger charge is 2.37. The summed E-state index contributed by atoms with van der Waals surface area (Å²) in [6.45, 7) is 3.20. The molecule has 7 heteroatoms. The minimum atomic E-state index is -0.192. The highest BCUT2D eigenvalue weighted by Crippen LogP contribution is 2.24. The first kappa shape index (κ1) is 16.6. The summed E-state index contributed by atoms with van der Waals surface area (Å²) in [5.74, 6) is 0.531. The van der Waals surface area contributed by atoms with Crippen LogP contribution in [0.1, 0.15) is 12.8 Å². The lowest BCUT2D eigenvalue weighted by Crippen LogP contribution is -2.63. The van der Waals surface area contributed by atoms with Gasteiger partial charge in [-0.15, -0.1) is 0 Å². The van der Waals surface area contributed by atoms with Crippen LogP contribution in [0.3, 0.4) is 0 Å². The predicted octanol–water partition coefficient (Wildman–Crippen LogP) is 1.11. The number of urea groups is 1. The van der Waals surface area contributed by atoms with Gasteiger partial charge in [0.1, 0.15) is 5.75 Å². The van der Waals surface area contributed by atoms with Gasteiger partial charge in [0, 0.05) is 36.8 Å². The lowest BCUT2D eigenvalue weighted by Gasteiger charge is -2.47. The van der Waals surface area contributed by atoms with E-state index in [1.165, 1.54) is 0 Å². The first-order chi connectivity index (χ1) is 11.6. The van der Waals surface area contributed by atoms with Crippen molar-refractivity contribution in [3.05, 3.63) is 24.3 Å². The number of nitrogens with two attached hydrogens (primary N) is 1. The van der Waals surface area contributed by atoms with E-state index in [2.05, 4.69) is 10.2 Å². The number of carbonyl (C=O) groups is 2. The van der Waals surface area contributed by atoms with Gasteiger partial charge in [0.2, 0.25) is 5.91 Å². The number of nitrogens with zero attached hydrogens (tertiary/aromatic N) is 2. The summed E-state index contributed by atoms with van der Waals surface area (Å²) in [5.41, 5.74) is 6.09. The summed E-state index contributed by atoms with van der Waals surface area (Å²) in [6.07, 6.45) is 1.64. The van der Waals surface area contributed by atoms with Crippen LogP contribution in [-0.2, 0) is 4.79 Å². The van der Waals surface area contributed by atoms with Crippen LogP contribution in [0.15, 0.2) is 24.3 Å². The molecule has 2 aliphatic rings. The van der Waals surface area contributed by atoms with Crippen molar-refractivity contribution in [1.82, 2.24) is 9.80 Å². The minimum absolute atomic E-state index is 0.00814. The SMILES string of the molecule is COc1cccc(NC(=O)N2CC(N3CCC(C(N)=O)CC3)C2)c1. The van der Waals surface area contributed by atoms with Crippen LogP contribution >= 0.6 is 0 Å². The van der Waals surface area contributed by atoms with Crippen LogP contribution < -0.4 is 15.8 Å². The smallest absolute Gasteiger partial charge is 0.321 e. The number of nitrogens with one attached hydrogen (secondary N) is 1. The zero-order valence-corrected chi connectivity index (χ0v) is 13.9. The van der Waals surface area contributed by atoms with Gasteiger partial charge in [0.15, 0.2) is 0 Å². The Hall–Kier alpha value is -2.28. The van der Waals surface area contributed by atoms with Gasteiger partial charge in [-0.3, -0.25) is 9.69 Å². The third-order valence-corrected chi connectivity index (χ3v) is 4.92. The largest absolute Gasteiger partial charge is 0.497 e. The van der Waals surface area contributed by atoms with Gasteiger partial charge in [-0.05, 0) is 38.1 Å². The number of ether oxygens (including phenoxy) is 1. The molecular formula is C17H24N4O3. The van der Waals surface area contributed by atoms with E-state index >= 15 is 0 Å². The Morgan fingerprint density at radius 1 is 1.25 bits per heavy atom. The van der Waals surface area contributed by atoms with Gasteiger partial charge in [0.25, 0.3) is 0 Å². The Bertz CT molecular complexity index is 608. The van der Waals surface area contributed by atoms with E-state index in [0.717, 1.165) is 44.7 Å². The Balaban J connectivity index is 1.44. The third-order valence-electron chi connectivity index (χ3n) is 4.92.